The average molecular weight is 1760 g/mol. The zero-order chi connectivity index (χ0) is 91.1. The van der Waals surface area contributed by atoms with Crippen LogP contribution in [0.25, 0.3) is 55.6 Å². The fourth-order valence-electron chi connectivity index (χ4n) is 15.4. The van der Waals surface area contributed by atoms with Crippen molar-refractivity contribution in [2.45, 2.75) is 209 Å². The van der Waals surface area contributed by atoms with Crippen LogP contribution in [0.3, 0.4) is 0 Å². The van der Waals surface area contributed by atoms with Gasteiger partial charge in [0.15, 0.2) is 28.9 Å². The smallest absolute Gasteiger partial charge is 0.345 e. The Balaban J connectivity index is 0.000000143. The first-order valence-electron chi connectivity index (χ1n) is 41.0. The van der Waals surface area contributed by atoms with Gasteiger partial charge in [-0.1, -0.05) is 27.7 Å². The molecule has 0 N–H and O–H groups in total. The molecule has 1 saturated carbocycles. The monoisotopic (exact) mass is 1760 g/mol. The molecule has 5 aromatic heterocycles. The Bertz CT molecular complexity index is 5340. The lowest BCUT2D eigenvalue weighted by Crippen LogP contribution is -2.36. The number of alkyl halides is 4. The molecule has 126 heavy (non-hydrogen) atoms. The Morgan fingerprint density at radius 3 is 0.714 bits per heavy atom. The van der Waals surface area contributed by atoms with Gasteiger partial charge in [-0.15, -0.1) is 0 Å². The number of pyridine rings is 5. The van der Waals surface area contributed by atoms with Crippen molar-refractivity contribution in [3.8, 4) is 85.0 Å². The molecule has 664 valence electrons. The summed E-state index contributed by atoms with van der Waals surface area (Å²) in [5.74, 6) is -5.78. The van der Waals surface area contributed by atoms with E-state index in [1.165, 1.54) is 109 Å². The summed E-state index contributed by atoms with van der Waals surface area (Å²) in [5, 5.41) is 0. The highest BCUT2D eigenvalue weighted by Crippen LogP contribution is 2.46. The van der Waals surface area contributed by atoms with Gasteiger partial charge in [0.05, 0.1) is 12.2 Å². The summed E-state index contributed by atoms with van der Waals surface area (Å²) in [6.07, 6.45) is 5.21. The van der Waals surface area contributed by atoms with Crippen molar-refractivity contribution in [3.63, 3.8) is 0 Å². The van der Waals surface area contributed by atoms with Crippen molar-refractivity contribution < 1.29 is 119 Å². The Kier molecular flexibility index (Phi) is 29.8. The van der Waals surface area contributed by atoms with Gasteiger partial charge in [-0.25, -0.2) is 68.8 Å². The molecule has 0 amide bonds. The van der Waals surface area contributed by atoms with E-state index >= 15 is 0 Å². The van der Waals surface area contributed by atoms with Gasteiger partial charge < -0.3 is 33.2 Å². The van der Waals surface area contributed by atoms with Crippen LogP contribution in [-0.4, -0.2) is 110 Å². The maximum atomic E-state index is 14.3. The first-order chi connectivity index (χ1) is 59.8. The number of hydrogen-bond donors (Lipinski definition) is 0. The van der Waals surface area contributed by atoms with E-state index in [0.29, 0.717) is 119 Å². The maximum absolute atomic E-state index is 14.3. The topological polar surface area (TPSA) is 214 Å². The Morgan fingerprint density at radius 2 is 0.508 bits per heavy atom. The third-order valence-electron chi connectivity index (χ3n) is 22.4. The summed E-state index contributed by atoms with van der Waals surface area (Å²) >= 11 is 0. The van der Waals surface area contributed by atoms with Crippen molar-refractivity contribution in [2.75, 3.05) is 0 Å². The number of benzene rings is 5. The van der Waals surface area contributed by atoms with Crippen molar-refractivity contribution in [1.82, 2.24) is 24.9 Å². The van der Waals surface area contributed by atoms with Crippen LogP contribution in [0.15, 0.2) is 121 Å². The van der Waals surface area contributed by atoms with Gasteiger partial charge in [-0.3, -0.25) is 24.0 Å². The van der Waals surface area contributed by atoms with Crippen LogP contribution < -0.4 is 23.7 Å². The summed E-state index contributed by atoms with van der Waals surface area (Å²) < 4.78 is 226. The quantitative estimate of drug-likeness (QED) is 0.0543. The van der Waals surface area contributed by atoms with Crippen LogP contribution in [0.5, 0.6) is 29.4 Å². The number of halogens is 14. The predicted molar refractivity (Wildman–Crippen MR) is 437 cm³/mol. The molecule has 0 spiro atoms. The number of fused-ring (bicyclic) bond motifs is 5. The number of nitrogens with zero attached hydrogens (tertiary/aromatic N) is 5. The number of carbonyl (C=O) groups is 5. The van der Waals surface area contributed by atoms with E-state index in [2.05, 4.69) is 62.1 Å². The van der Waals surface area contributed by atoms with E-state index in [1.54, 1.807) is 18.2 Å². The van der Waals surface area contributed by atoms with Crippen LogP contribution in [0.4, 0.5) is 61.5 Å². The summed E-state index contributed by atoms with van der Waals surface area (Å²) in [6, 6.07) is 24.2. The second kappa shape index (κ2) is 40.2. The fourth-order valence-corrected chi connectivity index (χ4v) is 15.4. The molecule has 16 rings (SSSR count). The van der Waals surface area contributed by atoms with E-state index in [1.807, 2.05) is 0 Å². The zero-order valence-electron chi connectivity index (χ0n) is 70.4. The minimum absolute atomic E-state index is 0.0122. The van der Waals surface area contributed by atoms with E-state index < -0.39 is 95.8 Å². The van der Waals surface area contributed by atoms with Crippen molar-refractivity contribution in [2.24, 2.45) is 17.8 Å². The van der Waals surface area contributed by atoms with Crippen molar-refractivity contribution in [3.05, 3.63) is 236 Å². The SMILES string of the molecule is CC(=O)c1cc(-c2ccc(F)cc2F)c2c(n1)O[C@@H](C(C)C)CC2.CC(=O)c1cc(-c2ccc(F)cc2F)c2c(n1)O[C@@H](C1CC1)CC2.CC(=O)c1cc(-c2ccc(F)cc2F)c2c(n1)O[C@@H]([C@@H](C)OC(F)F)CC2.CC(=O)c1cc(-c2ccc(F)cc2F)c2c(n1)O[C@@H]([C@H](C)OC(F)F)CC2.CC(=O)c1cc(-c2ccc(F)cc2F)c2c(n1)O[C@H](C(C)C)CC2. The third-order valence-corrected chi connectivity index (χ3v) is 22.4. The highest BCUT2D eigenvalue weighted by atomic mass is 19.3. The normalized spacial score (nSPS) is 17.5. The van der Waals surface area contributed by atoms with Crippen LogP contribution in [-0.2, 0) is 41.6 Å². The summed E-state index contributed by atoms with van der Waals surface area (Å²) in [6.45, 7) is 12.1. The molecule has 7 atom stereocenters. The second-order valence-electron chi connectivity index (χ2n) is 32.1. The number of Topliss-reactive ketones (excluding diaryl/α,β-unsaturated/α-hetero) is 5. The molecule has 0 bridgehead atoms. The highest BCUT2D eigenvalue weighted by Gasteiger charge is 2.39. The number of aromatic nitrogens is 5. The molecule has 0 saturated heterocycles. The van der Waals surface area contributed by atoms with Gasteiger partial charge in [-0.2, -0.15) is 17.6 Å². The number of ether oxygens (including phenoxy) is 7. The minimum Gasteiger partial charge on any atom is -0.474 e. The largest absolute Gasteiger partial charge is 0.474 e. The highest BCUT2D eigenvalue weighted by molar-refractivity contribution is 5.97. The maximum Gasteiger partial charge on any atom is 0.345 e. The first-order valence-corrected chi connectivity index (χ1v) is 41.0. The second-order valence-corrected chi connectivity index (χ2v) is 32.1. The number of hydrogen-bond acceptors (Lipinski definition) is 17. The molecular weight excluding hydrogens is 1670 g/mol. The number of carbonyl (C=O) groups excluding carboxylic acids is 5. The molecule has 10 heterocycles. The van der Waals surface area contributed by atoms with Crippen LogP contribution in [0.2, 0.25) is 0 Å². The lowest BCUT2D eigenvalue weighted by Gasteiger charge is -2.30. The Hall–Kier alpha value is -11.9. The van der Waals surface area contributed by atoms with Gasteiger partial charge in [0, 0.05) is 121 Å². The molecule has 1 fully saturated rings. The Morgan fingerprint density at radius 1 is 0.294 bits per heavy atom. The molecular formula is C95H89F14N5O12. The van der Waals surface area contributed by atoms with E-state index in [4.69, 9.17) is 23.7 Å². The van der Waals surface area contributed by atoms with Crippen molar-refractivity contribution in [1.29, 1.82) is 0 Å². The lowest BCUT2D eigenvalue weighted by molar-refractivity contribution is -0.180. The minimum atomic E-state index is -2.94. The van der Waals surface area contributed by atoms with Gasteiger partial charge in [0.1, 0.15) is 117 Å². The van der Waals surface area contributed by atoms with E-state index in [-0.39, 0.29) is 115 Å². The summed E-state index contributed by atoms with van der Waals surface area (Å²) in [4.78, 5) is 80.3. The van der Waals surface area contributed by atoms with Crippen LogP contribution in [0, 0.1) is 75.9 Å². The summed E-state index contributed by atoms with van der Waals surface area (Å²) in [7, 11) is 0. The zero-order valence-corrected chi connectivity index (χ0v) is 70.4. The third kappa shape index (κ3) is 22.3. The fraction of sp³-hybridized carbons (Fsp3) is 0.368. The summed E-state index contributed by atoms with van der Waals surface area (Å²) in [5.41, 5.74) is 7.53. The van der Waals surface area contributed by atoms with Crippen LogP contribution in [0.1, 0.15) is 201 Å². The van der Waals surface area contributed by atoms with Gasteiger partial charge in [0.2, 0.25) is 29.4 Å². The molecule has 10 aromatic rings. The standard InChI is InChI=1S/2C19H17F4NO3.C19H17F2NO2.2C19H19F2NO2/c2*1-9(25)16-8-14(12-4-3-11(20)7-15(12)21)13-5-6-17(27-18(13)24-16)10(2)26-19(22)23;1-10(23)17-9-15(13-5-4-12(20)8-16(13)21)14-6-7-18(11-2-3-11)24-19(14)22-17;2*1-10(2)18-7-6-14-15(13-5-4-12(20)8-16(13)21)9-17(11(3)23)22-19(14)24-18/h2*3-4,7-8,10,17,19H,5-6H2,1-2H3;4-5,8-9,11,18H,2-3,6-7H2,1H3;2*4-5,8-10,18H,6-7H2,1-3H3/t10-,17+;10-,17-;3*18-/m01110/s1. The van der Waals surface area contributed by atoms with E-state index in [0.717, 1.165) is 91.3 Å². The van der Waals surface area contributed by atoms with Gasteiger partial charge >= 0.3 is 13.2 Å². The molecule has 5 aromatic carbocycles. The molecule has 0 radical (unpaired) electrons. The van der Waals surface area contributed by atoms with Gasteiger partial charge in [-0.05, 0) is 227 Å². The van der Waals surface area contributed by atoms with Crippen molar-refractivity contribution >= 4 is 28.9 Å². The predicted octanol–water partition coefficient (Wildman–Crippen LogP) is 22.6. The molecule has 31 heteroatoms. The van der Waals surface area contributed by atoms with Gasteiger partial charge in [0.25, 0.3) is 0 Å². The Labute approximate surface area is 717 Å². The number of ketones is 5. The first kappa shape index (κ1) is 93.3. The molecule has 0 unspecified atom stereocenters. The molecule has 6 aliphatic rings. The molecule has 17 nitrogen and oxygen atoms in total. The lowest BCUT2D eigenvalue weighted by atomic mass is 9.91. The number of rotatable bonds is 19. The average Bonchev–Trinajstić information content (AvgIpc) is 1.11. The van der Waals surface area contributed by atoms with E-state index in [9.17, 15) is 85.4 Å². The van der Waals surface area contributed by atoms with Crippen LogP contribution >= 0.6 is 0 Å². The molecule has 1 aliphatic carbocycles. The molecule has 5 aliphatic heterocycles.